The maximum atomic E-state index is 12.6. The van der Waals surface area contributed by atoms with Crippen molar-refractivity contribution in [2.24, 2.45) is 0 Å². The number of rotatable bonds is 3. The van der Waals surface area contributed by atoms with Crippen LogP contribution < -0.4 is 5.30 Å². The van der Waals surface area contributed by atoms with Crippen LogP contribution in [0.5, 0.6) is 0 Å². The minimum Gasteiger partial charge on any atom is -0.436 e. The highest BCUT2D eigenvalue weighted by Crippen LogP contribution is 2.39. The molecule has 5 aromatic carbocycles. The summed E-state index contributed by atoms with van der Waals surface area (Å²) in [6.45, 7) is 3.61. The lowest BCUT2D eigenvalue weighted by molar-refractivity contribution is 0.588. The molecule has 5 heteroatoms. The molecule has 0 saturated carbocycles. The molecule has 7 aromatic rings. The number of hydrogen-bond acceptors (Lipinski definition) is 4. The summed E-state index contributed by atoms with van der Waals surface area (Å²) in [4.78, 5) is 10.1. The number of aromatic nitrogens is 2. The molecule has 0 amide bonds. The van der Waals surface area contributed by atoms with Gasteiger partial charge in [-0.15, -0.1) is 0 Å². The van der Waals surface area contributed by atoms with Crippen molar-refractivity contribution < 1.29 is 8.98 Å². The molecule has 178 valence electrons. The summed E-state index contributed by atoms with van der Waals surface area (Å²) in [7, 11) is -2.32. The van der Waals surface area contributed by atoms with E-state index in [-0.39, 0.29) is 0 Å². The van der Waals surface area contributed by atoms with Crippen LogP contribution in [0, 0.1) is 0 Å². The van der Waals surface area contributed by atoms with Gasteiger partial charge in [0.15, 0.2) is 5.58 Å². The molecule has 4 nitrogen and oxygen atoms in total. The first kappa shape index (κ1) is 22.0. The first-order chi connectivity index (χ1) is 18.0. The van der Waals surface area contributed by atoms with Gasteiger partial charge in [-0.2, -0.15) is 0 Å². The minimum absolute atomic E-state index is 0.608. The van der Waals surface area contributed by atoms with E-state index in [1.54, 1.807) is 0 Å². The molecule has 0 aliphatic carbocycles. The summed E-state index contributed by atoms with van der Waals surface area (Å²) in [5.41, 5.74) is 5.38. The van der Waals surface area contributed by atoms with Crippen LogP contribution in [0.3, 0.4) is 0 Å². The lowest BCUT2D eigenvalue weighted by Gasteiger charge is -2.12. The van der Waals surface area contributed by atoms with Crippen LogP contribution >= 0.6 is 7.14 Å². The smallest absolute Gasteiger partial charge is 0.227 e. The average Bonchev–Trinajstić information content (AvgIpc) is 3.36. The van der Waals surface area contributed by atoms with E-state index in [1.807, 2.05) is 80.1 Å². The largest absolute Gasteiger partial charge is 0.436 e. The molecule has 0 aliphatic heterocycles. The molecule has 0 unspecified atom stereocenters. The van der Waals surface area contributed by atoms with E-state index in [9.17, 15) is 4.57 Å². The predicted octanol–water partition coefficient (Wildman–Crippen LogP) is 8.26. The molecule has 0 N–H and O–H groups in total. The maximum Gasteiger partial charge on any atom is 0.227 e. The maximum absolute atomic E-state index is 12.6. The number of hydrogen-bond donors (Lipinski definition) is 0. The summed E-state index contributed by atoms with van der Waals surface area (Å²) in [5, 5.41) is 6.17. The number of para-hydroxylation sites is 1. The van der Waals surface area contributed by atoms with Crippen molar-refractivity contribution in [2.75, 3.05) is 13.3 Å². The Balaban J connectivity index is 1.50. The van der Waals surface area contributed by atoms with Gasteiger partial charge in [0.2, 0.25) is 5.89 Å². The van der Waals surface area contributed by atoms with Crippen LogP contribution in [0.2, 0.25) is 0 Å². The molecule has 7 rings (SSSR count). The molecule has 0 aliphatic rings. The highest BCUT2D eigenvalue weighted by Gasteiger charge is 2.18. The van der Waals surface area contributed by atoms with E-state index in [2.05, 4.69) is 36.4 Å². The Kier molecular flexibility index (Phi) is 4.82. The molecule has 2 heterocycles. The third kappa shape index (κ3) is 3.64. The van der Waals surface area contributed by atoms with Gasteiger partial charge in [-0.1, -0.05) is 60.7 Å². The zero-order valence-electron chi connectivity index (χ0n) is 20.5. The van der Waals surface area contributed by atoms with Crippen molar-refractivity contribution in [3.05, 3.63) is 103 Å². The van der Waals surface area contributed by atoms with Crippen LogP contribution in [0.15, 0.2) is 108 Å². The Morgan fingerprint density at radius 3 is 2.27 bits per heavy atom. The van der Waals surface area contributed by atoms with Crippen LogP contribution in [-0.4, -0.2) is 23.3 Å². The Labute approximate surface area is 214 Å². The molecule has 0 fully saturated rings. The van der Waals surface area contributed by atoms with Crippen LogP contribution in [0.25, 0.3) is 66.3 Å². The molecule has 37 heavy (non-hydrogen) atoms. The van der Waals surface area contributed by atoms with Gasteiger partial charge in [0.1, 0.15) is 12.7 Å². The molecule has 0 saturated heterocycles. The quantitative estimate of drug-likeness (QED) is 0.182. The van der Waals surface area contributed by atoms with Crippen LogP contribution in [0.1, 0.15) is 0 Å². The molecule has 0 spiro atoms. The highest BCUT2D eigenvalue weighted by molar-refractivity contribution is 7.70. The normalized spacial score (nSPS) is 12.2. The van der Waals surface area contributed by atoms with Gasteiger partial charge in [-0.3, -0.25) is 0 Å². The van der Waals surface area contributed by atoms with Gasteiger partial charge in [0.25, 0.3) is 0 Å². The van der Waals surface area contributed by atoms with Crippen LogP contribution in [0.4, 0.5) is 0 Å². The van der Waals surface area contributed by atoms with Crippen molar-refractivity contribution in [1.29, 1.82) is 0 Å². The monoisotopic (exact) mass is 498 g/mol. The standard InChI is InChI=1S/C32H23N2O2P/c1-37(2,35)24-15-14-21-18-23(13-12-22(21)19-24)30-26-16-17-28-31(29(26)25-10-6-7-11-27(25)33-30)34-32(36-28)20-8-4-3-5-9-20/h3-19H,1-2H3. The van der Waals surface area contributed by atoms with Crippen molar-refractivity contribution in [3.8, 4) is 22.7 Å². The van der Waals surface area contributed by atoms with E-state index in [1.165, 1.54) is 0 Å². The minimum atomic E-state index is -2.32. The van der Waals surface area contributed by atoms with Crippen molar-refractivity contribution in [2.45, 2.75) is 0 Å². The zero-order valence-corrected chi connectivity index (χ0v) is 21.4. The lowest BCUT2D eigenvalue weighted by Crippen LogP contribution is -2.01. The number of benzene rings is 5. The molecular weight excluding hydrogens is 475 g/mol. The number of fused-ring (bicyclic) bond motifs is 6. The van der Waals surface area contributed by atoms with Crippen molar-refractivity contribution >= 4 is 56.0 Å². The van der Waals surface area contributed by atoms with E-state index in [4.69, 9.17) is 14.4 Å². The highest BCUT2D eigenvalue weighted by atomic mass is 31.2. The summed E-state index contributed by atoms with van der Waals surface area (Å²) in [6, 6.07) is 34.7. The summed E-state index contributed by atoms with van der Waals surface area (Å²) in [6.07, 6.45) is 0. The second-order valence-corrected chi connectivity index (χ2v) is 13.0. The van der Waals surface area contributed by atoms with Gasteiger partial charge in [0, 0.05) is 32.6 Å². The topological polar surface area (TPSA) is 56.0 Å². The third-order valence-electron chi connectivity index (χ3n) is 6.96. The zero-order chi connectivity index (χ0) is 25.1. The van der Waals surface area contributed by atoms with Gasteiger partial charge in [-0.05, 0) is 66.6 Å². The van der Waals surface area contributed by atoms with Gasteiger partial charge < -0.3 is 8.98 Å². The van der Waals surface area contributed by atoms with Crippen LogP contribution in [-0.2, 0) is 4.57 Å². The number of oxazole rings is 1. The van der Waals surface area contributed by atoms with E-state index >= 15 is 0 Å². The third-order valence-corrected chi connectivity index (χ3v) is 8.48. The average molecular weight is 499 g/mol. The van der Waals surface area contributed by atoms with Gasteiger partial charge in [0.05, 0.1) is 11.2 Å². The first-order valence-electron chi connectivity index (χ1n) is 12.2. The fraction of sp³-hybridized carbons (Fsp3) is 0.0625. The molecule has 0 radical (unpaired) electrons. The molecule has 0 atom stereocenters. The summed E-state index contributed by atoms with van der Waals surface area (Å²) < 4.78 is 18.8. The fourth-order valence-electron chi connectivity index (χ4n) is 5.07. The van der Waals surface area contributed by atoms with Crippen molar-refractivity contribution in [3.63, 3.8) is 0 Å². The van der Waals surface area contributed by atoms with E-state index < -0.39 is 7.14 Å². The number of pyridine rings is 1. The summed E-state index contributed by atoms with van der Waals surface area (Å²) >= 11 is 0. The lowest BCUT2D eigenvalue weighted by atomic mass is 9.97. The summed E-state index contributed by atoms with van der Waals surface area (Å²) in [5.74, 6) is 0.608. The number of nitrogens with zero attached hydrogens (tertiary/aromatic N) is 2. The Hall–Kier alpha value is -4.27. The SMILES string of the molecule is CP(C)(=O)c1ccc2cc(-c3nc4ccccc4c4c3ccc3oc(-c5ccccc5)nc34)ccc2c1. The predicted molar refractivity (Wildman–Crippen MR) is 154 cm³/mol. The van der Waals surface area contributed by atoms with Gasteiger partial charge in [-0.25, -0.2) is 9.97 Å². The molecule has 2 aromatic heterocycles. The second kappa shape index (κ2) is 8.12. The van der Waals surface area contributed by atoms with E-state index in [0.717, 1.165) is 65.7 Å². The van der Waals surface area contributed by atoms with E-state index in [0.29, 0.717) is 5.89 Å². The molecular formula is C32H23N2O2P. The van der Waals surface area contributed by atoms with Crippen molar-refractivity contribution in [1.82, 2.24) is 9.97 Å². The fourth-order valence-corrected chi connectivity index (χ4v) is 5.95. The Morgan fingerprint density at radius 2 is 1.43 bits per heavy atom. The first-order valence-corrected chi connectivity index (χ1v) is 14.8. The molecule has 0 bridgehead atoms. The Morgan fingerprint density at radius 1 is 0.676 bits per heavy atom. The second-order valence-electron chi connectivity index (χ2n) is 9.79. The van der Waals surface area contributed by atoms with Gasteiger partial charge >= 0.3 is 0 Å². The Bertz CT molecular complexity index is 2040.